The first-order valence-corrected chi connectivity index (χ1v) is 6.66. The summed E-state index contributed by atoms with van der Waals surface area (Å²) in [6, 6.07) is 12.3. The van der Waals surface area contributed by atoms with Crippen LogP contribution in [0.2, 0.25) is 0 Å². The lowest BCUT2D eigenvalue weighted by atomic mass is 10.0. The van der Waals surface area contributed by atoms with Crippen molar-refractivity contribution in [3.05, 3.63) is 63.9 Å². The van der Waals surface area contributed by atoms with Crippen LogP contribution in [0.5, 0.6) is 5.75 Å². The zero-order valence-corrected chi connectivity index (χ0v) is 12.0. The van der Waals surface area contributed by atoms with E-state index in [4.69, 9.17) is 4.74 Å². The molecule has 0 spiro atoms. The lowest BCUT2D eigenvalue weighted by Gasteiger charge is -2.13. The smallest absolute Gasteiger partial charge is 0.143 e. The number of aliphatic hydroxyl groups is 1. The van der Waals surface area contributed by atoms with E-state index in [-0.39, 0.29) is 0 Å². The Hall–Kier alpha value is -1.39. The molecule has 0 aliphatic rings. The third kappa shape index (κ3) is 3.33. The number of hydrogen-bond acceptors (Lipinski definition) is 2. The maximum absolute atomic E-state index is 13.8. The maximum Gasteiger partial charge on any atom is 0.143 e. The first-order valence-electron chi connectivity index (χ1n) is 5.86. The molecule has 1 N–H and O–H groups in total. The Morgan fingerprint density at radius 1 is 1.21 bits per heavy atom. The van der Waals surface area contributed by atoms with Gasteiger partial charge in [-0.2, -0.15) is 0 Å². The van der Waals surface area contributed by atoms with Crippen LogP contribution in [-0.2, 0) is 6.42 Å². The molecule has 1 atom stereocenters. The normalized spacial score (nSPS) is 12.2. The van der Waals surface area contributed by atoms with Crippen LogP contribution in [0.1, 0.15) is 17.2 Å². The molecule has 0 aromatic heterocycles. The van der Waals surface area contributed by atoms with Crippen molar-refractivity contribution in [3.8, 4) is 5.75 Å². The largest absolute Gasteiger partial charge is 0.497 e. The van der Waals surface area contributed by atoms with Gasteiger partial charge < -0.3 is 9.84 Å². The summed E-state index contributed by atoms with van der Waals surface area (Å²) >= 11 is 3.12. The van der Waals surface area contributed by atoms with E-state index in [1.54, 1.807) is 25.3 Å². The summed E-state index contributed by atoms with van der Waals surface area (Å²) in [5, 5.41) is 10.1. The van der Waals surface area contributed by atoms with Gasteiger partial charge in [0.15, 0.2) is 0 Å². The maximum atomic E-state index is 13.8. The molecular weight excluding hydrogens is 311 g/mol. The molecule has 2 aromatic carbocycles. The second-order valence-corrected chi connectivity index (χ2v) is 5.07. The number of methoxy groups -OCH3 is 1. The fourth-order valence-corrected chi connectivity index (χ4v) is 2.25. The zero-order valence-electron chi connectivity index (χ0n) is 10.4. The van der Waals surface area contributed by atoms with Crippen molar-refractivity contribution in [2.75, 3.05) is 7.11 Å². The zero-order chi connectivity index (χ0) is 13.8. The van der Waals surface area contributed by atoms with Gasteiger partial charge in [-0.05, 0) is 39.7 Å². The predicted octanol–water partition coefficient (Wildman–Crippen LogP) is 3.87. The molecule has 0 saturated carbocycles. The van der Waals surface area contributed by atoms with Gasteiger partial charge in [0.05, 0.1) is 17.7 Å². The van der Waals surface area contributed by atoms with Gasteiger partial charge in [0.2, 0.25) is 0 Å². The van der Waals surface area contributed by atoms with E-state index in [2.05, 4.69) is 15.9 Å². The van der Waals surface area contributed by atoms with Gasteiger partial charge in [0.25, 0.3) is 0 Å². The van der Waals surface area contributed by atoms with E-state index in [9.17, 15) is 9.50 Å². The van der Waals surface area contributed by atoms with Crippen LogP contribution in [-0.4, -0.2) is 12.2 Å². The number of aliphatic hydroxyl groups excluding tert-OH is 1. The van der Waals surface area contributed by atoms with E-state index >= 15 is 0 Å². The second kappa shape index (κ2) is 6.17. The standard InChI is InChI=1S/C15H14BrFO2/c1-19-11-7-5-10(6-8-11)9-14(18)12-3-2-4-13(16)15(12)17/h2-8,14,18H,9H2,1H3. The Balaban J connectivity index is 2.15. The summed E-state index contributed by atoms with van der Waals surface area (Å²) in [6.45, 7) is 0. The number of hydrogen-bond donors (Lipinski definition) is 1. The molecule has 1 unspecified atom stereocenters. The molecule has 0 heterocycles. The van der Waals surface area contributed by atoms with Gasteiger partial charge in [0.1, 0.15) is 11.6 Å². The monoisotopic (exact) mass is 324 g/mol. The third-order valence-electron chi connectivity index (χ3n) is 2.93. The minimum atomic E-state index is -0.870. The van der Waals surface area contributed by atoms with Crippen LogP contribution in [0.3, 0.4) is 0 Å². The van der Waals surface area contributed by atoms with Gasteiger partial charge in [-0.1, -0.05) is 24.3 Å². The average molecular weight is 325 g/mol. The Morgan fingerprint density at radius 2 is 1.89 bits per heavy atom. The number of halogens is 2. The van der Waals surface area contributed by atoms with Gasteiger partial charge >= 0.3 is 0 Å². The molecule has 4 heteroatoms. The first-order chi connectivity index (χ1) is 9.11. The highest BCUT2D eigenvalue weighted by Crippen LogP contribution is 2.26. The van der Waals surface area contributed by atoms with Crippen LogP contribution in [0.15, 0.2) is 46.9 Å². The number of benzene rings is 2. The minimum Gasteiger partial charge on any atom is -0.497 e. The highest BCUT2D eigenvalue weighted by molar-refractivity contribution is 9.10. The summed E-state index contributed by atoms with van der Waals surface area (Å²) in [5.74, 6) is 0.343. The molecule has 2 aromatic rings. The van der Waals surface area contributed by atoms with Crippen molar-refractivity contribution in [2.45, 2.75) is 12.5 Å². The van der Waals surface area contributed by atoms with Crippen molar-refractivity contribution in [1.82, 2.24) is 0 Å². The molecule has 0 fully saturated rings. The van der Waals surface area contributed by atoms with Gasteiger partial charge in [-0.3, -0.25) is 0 Å². The van der Waals surface area contributed by atoms with Crippen molar-refractivity contribution in [2.24, 2.45) is 0 Å². The first kappa shape index (κ1) is 14.0. The van der Waals surface area contributed by atoms with Crippen LogP contribution in [0, 0.1) is 5.82 Å². The van der Waals surface area contributed by atoms with Gasteiger partial charge in [-0.25, -0.2) is 4.39 Å². The Labute approximate surface area is 120 Å². The summed E-state index contributed by atoms with van der Waals surface area (Å²) < 4.78 is 19.3. The molecule has 2 nitrogen and oxygen atoms in total. The average Bonchev–Trinajstić information content (AvgIpc) is 2.42. The second-order valence-electron chi connectivity index (χ2n) is 4.21. The van der Waals surface area contributed by atoms with E-state index in [0.717, 1.165) is 11.3 Å². The molecule has 0 saturated heterocycles. The fourth-order valence-electron chi connectivity index (χ4n) is 1.87. The fraction of sp³-hybridized carbons (Fsp3) is 0.200. The number of rotatable bonds is 4. The van der Waals surface area contributed by atoms with Gasteiger partial charge in [-0.15, -0.1) is 0 Å². The molecule has 0 bridgehead atoms. The molecule has 0 amide bonds. The lowest BCUT2D eigenvalue weighted by molar-refractivity contribution is 0.173. The molecule has 100 valence electrons. The molecule has 2 rings (SSSR count). The summed E-state index contributed by atoms with van der Waals surface area (Å²) in [5.41, 5.74) is 1.22. The van der Waals surface area contributed by atoms with Gasteiger partial charge in [0, 0.05) is 12.0 Å². The van der Waals surface area contributed by atoms with Crippen LogP contribution < -0.4 is 4.74 Å². The summed E-state index contributed by atoms with van der Waals surface area (Å²) in [7, 11) is 1.60. The third-order valence-corrected chi connectivity index (χ3v) is 3.54. The highest BCUT2D eigenvalue weighted by Gasteiger charge is 2.15. The van der Waals surface area contributed by atoms with E-state index in [1.807, 2.05) is 24.3 Å². The van der Waals surface area contributed by atoms with Crippen molar-refractivity contribution < 1.29 is 14.2 Å². The molecule has 19 heavy (non-hydrogen) atoms. The van der Waals surface area contributed by atoms with E-state index in [0.29, 0.717) is 16.5 Å². The SMILES string of the molecule is COc1ccc(CC(O)c2cccc(Br)c2F)cc1. The summed E-state index contributed by atoms with van der Waals surface area (Å²) in [4.78, 5) is 0. The minimum absolute atomic E-state index is 0.296. The highest BCUT2D eigenvalue weighted by atomic mass is 79.9. The Kier molecular flexibility index (Phi) is 4.56. The summed E-state index contributed by atoms with van der Waals surface area (Å²) in [6.07, 6.45) is -0.511. The van der Waals surface area contributed by atoms with Crippen molar-refractivity contribution in [1.29, 1.82) is 0 Å². The number of ether oxygens (including phenoxy) is 1. The Morgan fingerprint density at radius 3 is 2.53 bits per heavy atom. The molecule has 0 aliphatic heterocycles. The molecule has 0 radical (unpaired) electrons. The topological polar surface area (TPSA) is 29.5 Å². The van der Waals surface area contributed by atoms with E-state index in [1.165, 1.54) is 0 Å². The van der Waals surface area contributed by atoms with Crippen LogP contribution in [0.4, 0.5) is 4.39 Å². The Bertz CT molecular complexity index is 555. The van der Waals surface area contributed by atoms with Crippen molar-refractivity contribution in [3.63, 3.8) is 0 Å². The molecule has 0 aliphatic carbocycles. The lowest BCUT2D eigenvalue weighted by Crippen LogP contribution is -2.04. The molecular formula is C15H14BrFO2. The van der Waals surface area contributed by atoms with Crippen molar-refractivity contribution >= 4 is 15.9 Å². The quantitative estimate of drug-likeness (QED) is 0.925. The van der Waals surface area contributed by atoms with Crippen LogP contribution >= 0.6 is 15.9 Å². The van der Waals surface area contributed by atoms with Crippen LogP contribution in [0.25, 0.3) is 0 Å². The predicted molar refractivity (Wildman–Crippen MR) is 75.8 cm³/mol. The van der Waals surface area contributed by atoms with E-state index < -0.39 is 11.9 Å².